The molecule has 0 bridgehead atoms. The highest BCUT2D eigenvalue weighted by Crippen LogP contribution is 2.26. The van der Waals surface area contributed by atoms with E-state index in [-0.39, 0.29) is 29.5 Å². The zero-order valence-corrected chi connectivity index (χ0v) is 15.0. The van der Waals surface area contributed by atoms with Crippen LogP contribution >= 0.6 is 0 Å². The Balaban J connectivity index is 2.00. The van der Waals surface area contributed by atoms with E-state index in [0.717, 1.165) is 19.3 Å². The number of carbonyl (C=O) groups excluding carboxylic acids is 1. The van der Waals surface area contributed by atoms with Gasteiger partial charge in [-0.25, -0.2) is 4.68 Å². The number of hydrogen-bond acceptors (Lipinski definition) is 4. The molecule has 1 saturated carbocycles. The van der Waals surface area contributed by atoms with E-state index in [2.05, 4.69) is 5.10 Å². The van der Waals surface area contributed by atoms with Crippen LogP contribution in [-0.4, -0.2) is 45.4 Å². The zero-order valence-electron chi connectivity index (χ0n) is 15.0. The van der Waals surface area contributed by atoms with Crippen molar-refractivity contribution in [1.82, 2.24) is 14.7 Å². The summed E-state index contributed by atoms with van der Waals surface area (Å²) in [6, 6.07) is 6.96. The number of aliphatic hydroxyl groups excluding tert-OH is 1. The van der Waals surface area contributed by atoms with Crippen LogP contribution in [0.5, 0.6) is 0 Å². The molecule has 1 aliphatic carbocycles. The molecule has 2 aromatic rings. The van der Waals surface area contributed by atoms with Crippen molar-refractivity contribution in [2.75, 3.05) is 13.6 Å². The molecule has 0 aliphatic heterocycles. The lowest BCUT2D eigenvalue weighted by atomic mass is 10.0. The summed E-state index contributed by atoms with van der Waals surface area (Å²) in [5.41, 5.74) is 0.106. The van der Waals surface area contributed by atoms with E-state index in [4.69, 9.17) is 0 Å². The Bertz CT molecular complexity index is 843. The normalized spacial score (nSPS) is 20.4. The lowest BCUT2D eigenvalue weighted by Gasteiger charge is -2.24. The Labute approximate surface area is 147 Å². The van der Waals surface area contributed by atoms with Crippen molar-refractivity contribution in [3.63, 3.8) is 0 Å². The molecular weight excluding hydrogens is 318 g/mol. The largest absolute Gasteiger partial charge is 0.393 e. The standard InChI is InChI=1S/C19H25N3O3/c1-12(2)22-18(24)15-9-5-4-8-14(15)17(20-22)19(25)21(3)11-13-7-6-10-16(13)23/h4-5,8-9,12-13,16,23H,6-7,10-11H2,1-3H3. The van der Waals surface area contributed by atoms with E-state index < -0.39 is 0 Å². The molecule has 1 fully saturated rings. The quantitative estimate of drug-likeness (QED) is 0.923. The Morgan fingerprint density at radius 2 is 2.00 bits per heavy atom. The van der Waals surface area contributed by atoms with Crippen molar-refractivity contribution in [2.45, 2.75) is 45.3 Å². The minimum absolute atomic E-state index is 0.108. The van der Waals surface area contributed by atoms with Gasteiger partial charge in [0.05, 0.1) is 17.5 Å². The van der Waals surface area contributed by atoms with E-state index in [9.17, 15) is 14.7 Å². The number of aliphatic hydroxyl groups is 1. The fourth-order valence-electron chi connectivity index (χ4n) is 3.56. The lowest BCUT2D eigenvalue weighted by Crippen LogP contribution is -2.37. The molecule has 3 rings (SSSR count). The highest BCUT2D eigenvalue weighted by molar-refractivity contribution is 6.04. The van der Waals surface area contributed by atoms with Gasteiger partial charge in [-0.2, -0.15) is 5.10 Å². The fraction of sp³-hybridized carbons (Fsp3) is 0.526. The van der Waals surface area contributed by atoms with Gasteiger partial charge < -0.3 is 10.0 Å². The Morgan fingerprint density at radius 1 is 1.32 bits per heavy atom. The second-order valence-corrected chi connectivity index (χ2v) is 7.18. The molecule has 0 saturated heterocycles. The second-order valence-electron chi connectivity index (χ2n) is 7.18. The Hall–Kier alpha value is -2.21. The Morgan fingerprint density at radius 3 is 2.60 bits per heavy atom. The minimum Gasteiger partial charge on any atom is -0.393 e. The number of aromatic nitrogens is 2. The molecule has 1 aromatic carbocycles. The highest BCUT2D eigenvalue weighted by atomic mass is 16.3. The van der Waals surface area contributed by atoms with Gasteiger partial charge in [0, 0.05) is 24.9 Å². The van der Waals surface area contributed by atoms with E-state index in [0.29, 0.717) is 23.0 Å². The van der Waals surface area contributed by atoms with Crippen LogP contribution < -0.4 is 5.56 Å². The summed E-state index contributed by atoms with van der Waals surface area (Å²) in [7, 11) is 1.73. The summed E-state index contributed by atoms with van der Waals surface area (Å²) in [5, 5.41) is 15.5. The first-order valence-electron chi connectivity index (χ1n) is 8.85. The van der Waals surface area contributed by atoms with Crippen molar-refractivity contribution in [3.8, 4) is 0 Å². The van der Waals surface area contributed by atoms with Gasteiger partial charge in [0.2, 0.25) is 0 Å². The molecule has 134 valence electrons. The van der Waals surface area contributed by atoms with Gasteiger partial charge in [-0.05, 0) is 32.8 Å². The topological polar surface area (TPSA) is 75.4 Å². The van der Waals surface area contributed by atoms with E-state index in [1.54, 1.807) is 36.2 Å². The van der Waals surface area contributed by atoms with Crippen molar-refractivity contribution < 1.29 is 9.90 Å². The second kappa shape index (κ2) is 6.96. The summed E-state index contributed by atoms with van der Waals surface area (Å²) in [6.45, 7) is 4.24. The van der Waals surface area contributed by atoms with E-state index >= 15 is 0 Å². The van der Waals surface area contributed by atoms with E-state index in [1.165, 1.54) is 4.68 Å². The van der Waals surface area contributed by atoms with Crippen LogP contribution in [0.4, 0.5) is 0 Å². The number of hydrogen-bond donors (Lipinski definition) is 1. The maximum atomic E-state index is 13.0. The molecular formula is C19H25N3O3. The molecule has 1 heterocycles. The first-order valence-corrected chi connectivity index (χ1v) is 8.85. The molecule has 2 atom stereocenters. The Kier molecular flexibility index (Phi) is 4.90. The third-order valence-electron chi connectivity index (χ3n) is 4.99. The van der Waals surface area contributed by atoms with Gasteiger partial charge in [-0.15, -0.1) is 0 Å². The molecule has 1 N–H and O–H groups in total. The van der Waals surface area contributed by atoms with Crippen LogP contribution in [0.2, 0.25) is 0 Å². The van der Waals surface area contributed by atoms with Gasteiger partial charge in [0.25, 0.3) is 11.5 Å². The first kappa shape index (κ1) is 17.6. The first-order chi connectivity index (χ1) is 11.9. The molecule has 1 aliphatic rings. The van der Waals surface area contributed by atoms with Crippen LogP contribution in [0.3, 0.4) is 0 Å². The van der Waals surface area contributed by atoms with Gasteiger partial charge in [0.15, 0.2) is 5.69 Å². The van der Waals surface area contributed by atoms with Crippen LogP contribution in [0.25, 0.3) is 10.8 Å². The number of nitrogens with zero attached hydrogens (tertiary/aromatic N) is 3. The monoisotopic (exact) mass is 343 g/mol. The number of fused-ring (bicyclic) bond motifs is 1. The van der Waals surface area contributed by atoms with Crippen LogP contribution in [0.1, 0.15) is 49.6 Å². The molecule has 0 spiro atoms. The third kappa shape index (κ3) is 3.31. The summed E-state index contributed by atoms with van der Waals surface area (Å²) in [5.74, 6) is -0.110. The van der Waals surface area contributed by atoms with Crippen molar-refractivity contribution in [2.24, 2.45) is 5.92 Å². The molecule has 2 unspecified atom stereocenters. The lowest BCUT2D eigenvalue weighted by molar-refractivity contribution is 0.0687. The summed E-state index contributed by atoms with van der Waals surface area (Å²) in [6.07, 6.45) is 2.38. The zero-order chi connectivity index (χ0) is 18.1. The molecule has 0 radical (unpaired) electrons. The fourth-order valence-corrected chi connectivity index (χ4v) is 3.56. The SMILES string of the molecule is CC(C)n1nc(C(=O)N(C)CC2CCCC2O)c2ccccc2c1=O. The van der Waals surface area contributed by atoms with Crippen molar-refractivity contribution >= 4 is 16.7 Å². The van der Waals surface area contributed by atoms with Crippen LogP contribution in [0.15, 0.2) is 29.1 Å². The maximum absolute atomic E-state index is 13.0. The number of carbonyl (C=O) groups is 1. The molecule has 1 aromatic heterocycles. The van der Waals surface area contributed by atoms with Gasteiger partial charge >= 0.3 is 0 Å². The average molecular weight is 343 g/mol. The number of benzene rings is 1. The predicted octanol–water partition coefficient (Wildman–Crippen LogP) is 2.21. The van der Waals surface area contributed by atoms with Crippen molar-refractivity contribution in [3.05, 3.63) is 40.3 Å². The van der Waals surface area contributed by atoms with Crippen LogP contribution in [-0.2, 0) is 0 Å². The van der Waals surface area contributed by atoms with Gasteiger partial charge in [-0.3, -0.25) is 9.59 Å². The summed E-state index contributed by atoms with van der Waals surface area (Å²) < 4.78 is 1.37. The van der Waals surface area contributed by atoms with Crippen LogP contribution in [0, 0.1) is 5.92 Å². The third-order valence-corrected chi connectivity index (χ3v) is 4.99. The predicted molar refractivity (Wildman–Crippen MR) is 96.7 cm³/mol. The molecule has 1 amide bonds. The highest BCUT2D eigenvalue weighted by Gasteiger charge is 2.29. The molecule has 6 nitrogen and oxygen atoms in total. The van der Waals surface area contributed by atoms with Gasteiger partial charge in [0.1, 0.15) is 0 Å². The summed E-state index contributed by atoms with van der Waals surface area (Å²) >= 11 is 0. The number of rotatable bonds is 4. The molecule has 6 heteroatoms. The minimum atomic E-state index is -0.343. The van der Waals surface area contributed by atoms with Crippen molar-refractivity contribution in [1.29, 1.82) is 0 Å². The average Bonchev–Trinajstić information content (AvgIpc) is 2.99. The maximum Gasteiger partial charge on any atom is 0.274 e. The number of amides is 1. The van der Waals surface area contributed by atoms with Gasteiger partial charge in [-0.1, -0.05) is 24.6 Å². The summed E-state index contributed by atoms with van der Waals surface area (Å²) in [4.78, 5) is 27.2. The van der Waals surface area contributed by atoms with E-state index in [1.807, 2.05) is 13.8 Å². The smallest absolute Gasteiger partial charge is 0.274 e. The molecule has 25 heavy (non-hydrogen) atoms.